The van der Waals surface area contributed by atoms with Crippen LogP contribution in [0.4, 0.5) is 22.0 Å². The largest absolute Gasteiger partial charge is 0.497 e. The van der Waals surface area contributed by atoms with Gasteiger partial charge in [-0.25, -0.2) is 26.9 Å². The van der Waals surface area contributed by atoms with Crippen LogP contribution in [0.2, 0.25) is 0 Å². The normalized spacial score (nSPS) is 21.6. The van der Waals surface area contributed by atoms with E-state index in [-0.39, 0.29) is 75.2 Å². The van der Waals surface area contributed by atoms with Crippen molar-refractivity contribution in [3.8, 4) is 11.6 Å². The van der Waals surface area contributed by atoms with Crippen LogP contribution in [0.5, 0.6) is 11.6 Å². The number of methoxy groups -OCH3 is 2. The Morgan fingerprint density at radius 2 is 1.26 bits per heavy atom. The van der Waals surface area contributed by atoms with E-state index in [9.17, 15) is 38.0 Å². The molecule has 2 unspecified atom stereocenters. The molecule has 6 N–H and O–H groups in total. The van der Waals surface area contributed by atoms with Gasteiger partial charge in [-0.3, -0.25) is 9.97 Å². The smallest absolute Gasteiger partial charge is 0.213 e. The van der Waals surface area contributed by atoms with Crippen LogP contribution in [0.25, 0.3) is 34.1 Å². The maximum Gasteiger partial charge on any atom is 0.213 e. The van der Waals surface area contributed by atoms with Gasteiger partial charge in [0.15, 0.2) is 5.82 Å². The van der Waals surface area contributed by atoms with Gasteiger partial charge in [0.2, 0.25) is 5.88 Å². The van der Waals surface area contributed by atoms with E-state index in [1.807, 2.05) is 0 Å². The highest BCUT2D eigenvalue weighted by atomic mass is 19.1. The second-order valence-corrected chi connectivity index (χ2v) is 18.0. The van der Waals surface area contributed by atoms with Crippen molar-refractivity contribution >= 4 is 34.1 Å². The van der Waals surface area contributed by atoms with Crippen LogP contribution in [0.15, 0.2) is 97.3 Å². The molecule has 8 rings (SSSR count). The fourth-order valence-electron chi connectivity index (χ4n) is 10.4. The molecule has 3 aromatic heterocycles. The average molecular weight is 954 g/mol. The van der Waals surface area contributed by atoms with E-state index < -0.39 is 64.3 Å². The van der Waals surface area contributed by atoms with Crippen LogP contribution in [0, 0.1) is 40.9 Å². The van der Waals surface area contributed by atoms with Crippen molar-refractivity contribution in [2.75, 3.05) is 27.3 Å². The number of hydrogen-bond acceptors (Lipinski definition) is 11. The summed E-state index contributed by atoms with van der Waals surface area (Å²) in [5.74, 6) is -4.28. The molecular formula is C53H56F5N5O6. The van der Waals surface area contributed by atoms with E-state index in [0.717, 1.165) is 42.5 Å². The lowest BCUT2D eigenvalue weighted by atomic mass is 9.57. The van der Waals surface area contributed by atoms with E-state index in [2.05, 4.69) is 25.6 Å². The Labute approximate surface area is 396 Å². The SMILES string of the molecule is COc1cc(F)c2nccc(C(O)(C(O)[C@H]3CC[C@H](NC/C=C/c4cc(F)ccc4F)CC3)[C@@](O)([C@H]3CC[C@H](NC/C=C/c4cc(F)ccc4F)CC3)[C@H](O)c3ccnc4ccc(OC)nc34)c2c1. The quantitative estimate of drug-likeness (QED) is 0.0486. The predicted molar refractivity (Wildman–Crippen MR) is 252 cm³/mol. The van der Waals surface area contributed by atoms with Crippen molar-refractivity contribution in [3.63, 3.8) is 0 Å². The maximum atomic E-state index is 16.0. The lowest BCUT2D eigenvalue weighted by Gasteiger charge is -2.55. The third kappa shape index (κ3) is 10.2. The number of hydrogen-bond donors (Lipinski definition) is 6. The molecule has 0 bridgehead atoms. The Morgan fingerprint density at radius 1 is 0.667 bits per heavy atom. The minimum absolute atomic E-state index is 0.0506. The van der Waals surface area contributed by atoms with Gasteiger partial charge < -0.3 is 40.5 Å². The van der Waals surface area contributed by atoms with Gasteiger partial charge in [0.1, 0.15) is 51.8 Å². The summed E-state index contributed by atoms with van der Waals surface area (Å²) >= 11 is 0. The number of benzene rings is 3. The molecular weight excluding hydrogens is 898 g/mol. The second kappa shape index (κ2) is 21.4. The van der Waals surface area contributed by atoms with Gasteiger partial charge in [-0.15, -0.1) is 0 Å². The number of aliphatic hydroxyl groups is 4. The Morgan fingerprint density at radius 3 is 1.86 bits per heavy atom. The molecule has 4 atom stereocenters. The van der Waals surface area contributed by atoms with Crippen molar-refractivity contribution < 1.29 is 51.9 Å². The number of nitrogens with zero attached hydrogens (tertiary/aromatic N) is 3. The lowest BCUT2D eigenvalue weighted by Crippen LogP contribution is -2.67. The Balaban J connectivity index is 1.16. The minimum atomic E-state index is -2.74. The summed E-state index contributed by atoms with van der Waals surface area (Å²) in [4.78, 5) is 13.4. The zero-order valence-corrected chi connectivity index (χ0v) is 38.3. The van der Waals surface area contributed by atoms with Crippen LogP contribution in [-0.4, -0.2) is 86.5 Å². The first-order chi connectivity index (χ1) is 33.2. The summed E-state index contributed by atoms with van der Waals surface area (Å²) < 4.78 is 83.0. The number of ether oxygens (including phenoxy) is 2. The first-order valence-corrected chi connectivity index (χ1v) is 23.2. The minimum Gasteiger partial charge on any atom is -0.497 e. The van der Waals surface area contributed by atoms with Gasteiger partial charge in [-0.1, -0.05) is 24.3 Å². The molecule has 3 aromatic carbocycles. The molecule has 0 saturated heterocycles. The van der Waals surface area contributed by atoms with Crippen molar-refractivity contribution in [3.05, 3.63) is 149 Å². The number of halogens is 5. The third-order valence-corrected chi connectivity index (χ3v) is 14.1. The molecule has 364 valence electrons. The third-order valence-electron chi connectivity index (χ3n) is 14.1. The molecule has 0 radical (unpaired) electrons. The number of aliphatic hydroxyl groups excluding tert-OH is 2. The molecule has 16 heteroatoms. The molecule has 2 aliphatic carbocycles. The average Bonchev–Trinajstić information content (AvgIpc) is 3.37. The van der Waals surface area contributed by atoms with E-state index in [1.54, 1.807) is 24.3 Å². The molecule has 69 heavy (non-hydrogen) atoms. The molecule has 2 aliphatic rings. The van der Waals surface area contributed by atoms with Crippen LogP contribution < -0.4 is 20.1 Å². The van der Waals surface area contributed by atoms with Gasteiger partial charge >= 0.3 is 0 Å². The molecule has 11 nitrogen and oxygen atoms in total. The second-order valence-electron chi connectivity index (χ2n) is 18.0. The van der Waals surface area contributed by atoms with Gasteiger partial charge in [0.05, 0.1) is 31.4 Å². The summed E-state index contributed by atoms with van der Waals surface area (Å²) in [6.07, 6.45) is 8.50. The summed E-state index contributed by atoms with van der Waals surface area (Å²) in [5, 5.41) is 61.1. The van der Waals surface area contributed by atoms with E-state index >= 15 is 4.39 Å². The lowest BCUT2D eigenvalue weighted by molar-refractivity contribution is -0.283. The van der Waals surface area contributed by atoms with Crippen molar-refractivity contribution in [1.29, 1.82) is 0 Å². The molecule has 3 heterocycles. The van der Waals surface area contributed by atoms with Crippen LogP contribution in [0.1, 0.15) is 79.7 Å². The highest BCUT2D eigenvalue weighted by Gasteiger charge is 2.65. The van der Waals surface area contributed by atoms with Crippen LogP contribution >= 0.6 is 0 Å². The maximum absolute atomic E-state index is 16.0. The fraction of sp³-hybridized carbons (Fsp3) is 0.377. The van der Waals surface area contributed by atoms with Crippen molar-refractivity contribution in [1.82, 2.24) is 25.6 Å². The number of nitrogens with one attached hydrogen (secondary N) is 2. The molecule has 2 fully saturated rings. The van der Waals surface area contributed by atoms with Crippen LogP contribution in [-0.2, 0) is 5.60 Å². The summed E-state index contributed by atoms with van der Waals surface area (Å²) in [7, 11) is 2.79. The van der Waals surface area contributed by atoms with Gasteiger partial charge in [0, 0.05) is 77.3 Å². The van der Waals surface area contributed by atoms with Gasteiger partial charge in [0.25, 0.3) is 0 Å². The number of rotatable bonds is 17. The Bertz CT molecular complexity index is 2820. The summed E-state index contributed by atoms with van der Waals surface area (Å²) in [6, 6.07) is 15.1. The van der Waals surface area contributed by atoms with Crippen molar-refractivity contribution in [2.45, 2.75) is 86.9 Å². The first kappa shape index (κ1) is 49.5. The van der Waals surface area contributed by atoms with Crippen molar-refractivity contribution in [2.24, 2.45) is 11.8 Å². The predicted octanol–water partition coefficient (Wildman–Crippen LogP) is 8.63. The molecule has 0 aliphatic heterocycles. The van der Waals surface area contributed by atoms with E-state index in [1.165, 1.54) is 57.0 Å². The Hall–Kier alpha value is -5.88. The summed E-state index contributed by atoms with van der Waals surface area (Å²) in [5.41, 5.74) is -4.74. The molecule has 6 aromatic rings. The first-order valence-electron chi connectivity index (χ1n) is 23.2. The van der Waals surface area contributed by atoms with Gasteiger partial charge in [-0.05, 0) is 124 Å². The Kier molecular flexibility index (Phi) is 15.4. The molecule has 0 amide bonds. The highest BCUT2D eigenvalue weighted by Crippen LogP contribution is 2.56. The van der Waals surface area contributed by atoms with Gasteiger partial charge in [-0.2, -0.15) is 0 Å². The number of aromatic nitrogens is 3. The molecule has 0 spiro atoms. The molecule has 2 saturated carbocycles. The topological polar surface area (TPSA) is 162 Å². The monoisotopic (exact) mass is 953 g/mol. The fourth-order valence-corrected chi connectivity index (χ4v) is 10.4. The highest BCUT2D eigenvalue weighted by molar-refractivity contribution is 5.85. The standard InChI is InChI=1S/C53H56F5N5O6/c1-68-39-29-41-42(22-26-62-48(41)45(58)30-39)53(67,50(64)31-7-13-37(14-8-31)59-23-3-5-32-27-35(54)11-17-43(32)56)52(66,51(65)40-21-25-61-46-19-20-47(69-2)63-49(40)46)34-9-15-38(16-10-34)60-24-4-6-33-28-36(55)12-18-44(33)57/h3-6,11-12,17-22,25-31,34,37-38,50-51,59-60,64-67H,7-10,13-16,23-24H2,1-2H3/b5-3+,6-4+/t31-,34-,37-,38-,50?,51-,52-,53?/m1/s1. The van der Waals surface area contributed by atoms with Crippen LogP contribution in [0.3, 0.4) is 0 Å². The zero-order valence-electron chi connectivity index (χ0n) is 38.3. The summed E-state index contributed by atoms with van der Waals surface area (Å²) in [6.45, 7) is 0.658. The van der Waals surface area contributed by atoms with E-state index in [4.69, 9.17) is 9.47 Å². The zero-order chi connectivity index (χ0) is 48.9. The van der Waals surface area contributed by atoms with E-state index in [0.29, 0.717) is 57.1 Å². The number of fused-ring (bicyclic) bond motifs is 2. The number of pyridine rings is 3.